The van der Waals surface area contributed by atoms with E-state index in [1.54, 1.807) is 0 Å². The quantitative estimate of drug-likeness (QED) is 0.396. The molecule has 2 aromatic heterocycles. The maximum Gasteiger partial charge on any atom is 0.137 e. The number of hydrogen-bond donors (Lipinski definition) is 1. The standard InChI is InChI=1S/C26H25ClN2O/c27-18-12-13-23-21(22-8-2-4-11-25(22)29-26(23)15-18)9-5-6-19(30)14-17-16-28-24-10-3-1-7-20(17)24/h1,3,7,10,12-13,15-16,28H,2,4-6,8-9,11,14H2. The van der Waals surface area contributed by atoms with Crippen LogP contribution in [-0.4, -0.2) is 15.8 Å². The van der Waals surface area contributed by atoms with Crippen molar-refractivity contribution < 1.29 is 4.79 Å². The van der Waals surface area contributed by atoms with E-state index in [0.717, 1.165) is 52.7 Å². The van der Waals surface area contributed by atoms with E-state index in [-0.39, 0.29) is 0 Å². The molecule has 1 N–H and O–H groups in total. The number of rotatable bonds is 6. The topological polar surface area (TPSA) is 45.8 Å². The Hall–Kier alpha value is -2.65. The second-order valence-corrected chi connectivity index (χ2v) is 8.75. The molecule has 30 heavy (non-hydrogen) atoms. The molecule has 4 heteroatoms. The number of para-hydroxylation sites is 1. The van der Waals surface area contributed by atoms with Gasteiger partial charge >= 0.3 is 0 Å². The number of aryl methyl sites for hydroxylation is 2. The zero-order chi connectivity index (χ0) is 20.5. The van der Waals surface area contributed by atoms with Crippen LogP contribution in [0.5, 0.6) is 0 Å². The lowest BCUT2D eigenvalue weighted by Crippen LogP contribution is -2.11. The van der Waals surface area contributed by atoms with Crippen molar-refractivity contribution in [2.45, 2.75) is 51.4 Å². The first-order valence-corrected chi connectivity index (χ1v) is 11.2. The monoisotopic (exact) mass is 416 g/mol. The Bertz CT molecular complexity index is 1240. The number of nitrogens with one attached hydrogen (secondary N) is 1. The highest BCUT2D eigenvalue weighted by atomic mass is 35.5. The van der Waals surface area contributed by atoms with Crippen molar-refractivity contribution in [3.8, 4) is 0 Å². The van der Waals surface area contributed by atoms with Crippen molar-refractivity contribution in [2.24, 2.45) is 0 Å². The molecule has 2 heterocycles. The van der Waals surface area contributed by atoms with Crippen molar-refractivity contribution in [2.75, 3.05) is 0 Å². The summed E-state index contributed by atoms with van der Waals surface area (Å²) in [5.74, 6) is 0.301. The SMILES string of the molecule is O=C(CCCc1c2c(nc3cc(Cl)ccc13)CCCC2)Cc1c[nH]c2ccccc12. The zero-order valence-electron chi connectivity index (χ0n) is 17.0. The number of benzene rings is 2. The van der Waals surface area contributed by atoms with Crippen LogP contribution in [0.25, 0.3) is 21.8 Å². The number of ketones is 1. The van der Waals surface area contributed by atoms with Gasteiger partial charge in [-0.2, -0.15) is 0 Å². The highest BCUT2D eigenvalue weighted by molar-refractivity contribution is 6.31. The van der Waals surface area contributed by atoms with Gasteiger partial charge in [-0.05, 0) is 73.4 Å². The molecule has 152 valence electrons. The van der Waals surface area contributed by atoms with Gasteiger partial charge in [0.25, 0.3) is 0 Å². The normalized spacial score (nSPS) is 13.6. The Morgan fingerprint density at radius 1 is 1.07 bits per heavy atom. The number of pyridine rings is 1. The first-order chi connectivity index (χ1) is 14.7. The molecule has 0 saturated heterocycles. The van der Waals surface area contributed by atoms with Crippen LogP contribution < -0.4 is 0 Å². The van der Waals surface area contributed by atoms with E-state index in [9.17, 15) is 4.79 Å². The van der Waals surface area contributed by atoms with Crippen LogP contribution in [-0.2, 0) is 30.5 Å². The van der Waals surface area contributed by atoms with Gasteiger partial charge in [0.05, 0.1) is 5.52 Å². The largest absolute Gasteiger partial charge is 0.361 e. The van der Waals surface area contributed by atoms with Gasteiger partial charge in [-0.25, -0.2) is 0 Å². The molecule has 0 bridgehead atoms. The second kappa shape index (κ2) is 8.23. The maximum absolute atomic E-state index is 12.7. The predicted molar refractivity (Wildman–Crippen MR) is 123 cm³/mol. The van der Waals surface area contributed by atoms with Gasteiger partial charge in [0.15, 0.2) is 0 Å². The van der Waals surface area contributed by atoms with Crippen LogP contribution in [0.1, 0.15) is 48.1 Å². The van der Waals surface area contributed by atoms with Gasteiger partial charge in [-0.1, -0.05) is 35.9 Å². The van der Waals surface area contributed by atoms with Gasteiger partial charge in [0.2, 0.25) is 0 Å². The highest BCUT2D eigenvalue weighted by Crippen LogP contribution is 2.31. The predicted octanol–water partition coefficient (Wildman–Crippen LogP) is 6.38. The van der Waals surface area contributed by atoms with Crippen LogP contribution in [0.15, 0.2) is 48.7 Å². The van der Waals surface area contributed by atoms with Crippen molar-refractivity contribution in [3.63, 3.8) is 0 Å². The molecule has 3 nitrogen and oxygen atoms in total. The molecule has 0 aliphatic heterocycles. The first-order valence-electron chi connectivity index (χ1n) is 10.9. The number of carbonyl (C=O) groups is 1. The number of fused-ring (bicyclic) bond motifs is 3. The fraction of sp³-hybridized carbons (Fsp3) is 0.308. The van der Waals surface area contributed by atoms with Gasteiger partial charge in [-0.15, -0.1) is 0 Å². The van der Waals surface area contributed by atoms with Gasteiger partial charge in [0.1, 0.15) is 5.78 Å². The van der Waals surface area contributed by atoms with E-state index < -0.39 is 0 Å². The summed E-state index contributed by atoms with van der Waals surface area (Å²) in [6, 6.07) is 14.2. The Labute approximate surface area is 181 Å². The zero-order valence-corrected chi connectivity index (χ0v) is 17.8. The molecule has 0 amide bonds. The van der Waals surface area contributed by atoms with Gasteiger partial charge in [-0.3, -0.25) is 9.78 Å². The van der Waals surface area contributed by atoms with Crippen LogP contribution in [0.3, 0.4) is 0 Å². The fourth-order valence-electron chi connectivity index (χ4n) is 4.82. The van der Waals surface area contributed by atoms with Crippen LogP contribution in [0, 0.1) is 0 Å². The third kappa shape index (κ3) is 3.75. The molecule has 1 aliphatic carbocycles. The summed E-state index contributed by atoms with van der Waals surface area (Å²) < 4.78 is 0. The summed E-state index contributed by atoms with van der Waals surface area (Å²) in [6.45, 7) is 0. The van der Waals surface area contributed by atoms with Crippen LogP contribution in [0.2, 0.25) is 5.02 Å². The van der Waals surface area contributed by atoms with E-state index in [0.29, 0.717) is 18.6 Å². The lowest BCUT2D eigenvalue weighted by atomic mass is 9.87. The van der Waals surface area contributed by atoms with E-state index in [2.05, 4.69) is 17.1 Å². The van der Waals surface area contributed by atoms with E-state index >= 15 is 0 Å². The highest BCUT2D eigenvalue weighted by Gasteiger charge is 2.18. The molecule has 0 spiro atoms. The number of aromatic amines is 1. The van der Waals surface area contributed by atoms with Crippen LogP contribution >= 0.6 is 11.6 Å². The molecule has 0 saturated carbocycles. The molecule has 1 aliphatic rings. The van der Waals surface area contributed by atoms with Crippen molar-refractivity contribution in [1.29, 1.82) is 0 Å². The lowest BCUT2D eigenvalue weighted by molar-refractivity contribution is -0.118. The minimum Gasteiger partial charge on any atom is -0.361 e. The maximum atomic E-state index is 12.7. The number of halogens is 1. The summed E-state index contributed by atoms with van der Waals surface area (Å²) in [6.07, 6.45) is 9.43. The fourth-order valence-corrected chi connectivity index (χ4v) is 4.99. The van der Waals surface area contributed by atoms with E-state index in [1.165, 1.54) is 35.0 Å². The summed E-state index contributed by atoms with van der Waals surface area (Å²) in [5.41, 5.74) is 7.21. The van der Waals surface area contributed by atoms with Crippen LogP contribution in [0.4, 0.5) is 0 Å². The molecule has 2 aromatic carbocycles. The third-order valence-electron chi connectivity index (χ3n) is 6.29. The summed E-state index contributed by atoms with van der Waals surface area (Å²) >= 11 is 6.22. The Morgan fingerprint density at radius 2 is 1.93 bits per heavy atom. The average molecular weight is 417 g/mol. The Morgan fingerprint density at radius 3 is 2.87 bits per heavy atom. The second-order valence-electron chi connectivity index (χ2n) is 8.31. The Balaban J connectivity index is 1.33. The third-order valence-corrected chi connectivity index (χ3v) is 6.52. The molecular formula is C26H25ClN2O. The molecule has 4 aromatic rings. The molecule has 0 fully saturated rings. The summed E-state index contributed by atoms with van der Waals surface area (Å²) in [5, 5.41) is 3.08. The van der Waals surface area contributed by atoms with Gasteiger partial charge < -0.3 is 4.98 Å². The Kier molecular flexibility index (Phi) is 5.30. The molecule has 5 rings (SSSR count). The minimum absolute atomic E-state index is 0.301. The lowest BCUT2D eigenvalue weighted by Gasteiger charge is -2.21. The molecular weight excluding hydrogens is 392 g/mol. The number of Topliss-reactive ketones (excluding diaryl/α,β-unsaturated/α-hetero) is 1. The molecule has 0 radical (unpaired) electrons. The number of aromatic nitrogens is 2. The minimum atomic E-state index is 0.301. The van der Waals surface area contributed by atoms with Crippen molar-refractivity contribution >= 4 is 39.2 Å². The van der Waals surface area contributed by atoms with Gasteiger partial charge in [0, 0.05) is 46.0 Å². The van der Waals surface area contributed by atoms with E-state index in [1.807, 2.05) is 36.5 Å². The number of H-pyrrole nitrogens is 1. The number of hydrogen-bond acceptors (Lipinski definition) is 2. The van der Waals surface area contributed by atoms with Crippen molar-refractivity contribution in [1.82, 2.24) is 9.97 Å². The molecule has 0 unspecified atom stereocenters. The van der Waals surface area contributed by atoms with E-state index in [4.69, 9.17) is 16.6 Å². The van der Waals surface area contributed by atoms with Crippen molar-refractivity contribution in [3.05, 3.63) is 76.1 Å². The summed E-state index contributed by atoms with van der Waals surface area (Å²) in [4.78, 5) is 20.9. The number of nitrogens with zero attached hydrogens (tertiary/aromatic N) is 1. The number of carbonyl (C=O) groups excluding carboxylic acids is 1. The molecule has 0 atom stereocenters. The first kappa shape index (κ1) is 19.3. The smallest absolute Gasteiger partial charge is 0.137 e. The average Bonchev–Trinajstić information content (AvgIpc) is 3.16. The summed E-state index contributed by atoms with van der Waals surface area (Å²) in [7, 11) is 0.